The molecule has 3 fully saturated rings. The van der Waals surface area contributed by atoms with E-state index in [0.29, 0.717) is 65.6 Å². The number of para-hydroxylation sites is 2. The zero-order valence-electron chi connectivity index (χ0n) is 67.7. The molecule has 112 heavy (non-hydrogen) atoms. The molecule has 0 bridgehead atoms. The number of carbonyl (C=O) groups excluding carboxylic acids is 2. The van der Waals surface area contributed by atoms with E-state index in [4.69, 9.17) is 37.9 Å². The Morgan fingerprint density at radius 3 is 0.848 bits per heavy atom. The van der Waals surface area contributed by atoms with Crippen LogP contribution in [0.3, 0.4) is 0 Å². The highest BCUT2D eigenvalue weighted by atomic mass is 32.2. The van der Waals surface area contributed by atoms with Crippen molar-refractivity contribution in [3.63, 3.8) is 0 Å². The third-order valence-electron chi connectivity index (χ3n) is 18.5. The summed E-state index contributed by atoms with van der Waals surface area (Å²) in [4.78, 5) is 36.7. The average molecular weight is 1600 g/mol. The number of likely N-dealkylation sites (N-methyl/N-ethyl adjacent to an activating group) is 6. The van der Waals surface area contributed by atoms with Gasteiger partial charge in [0.15, 0.2) is 11.5 Å². The first-order valence-corrected chi connectivity index (χ1v) is 41.0. The summed E-state index contributed by atoms with van der Waals surface area (Å²) in [7, 11) is 19.3. The lowest BCUT2D eigenvalue weighted by Gasteiger charge is -2.28. The summed E-state index contributed by atoms with van der Waals surface area (Å²) in [5.74, 6) is 4.30. The van der Waals surface area contributed by atoms with Crippen LogP contribution in [-0.4, -0.2) is 307 Å². The van der Waals surface area contributed by atoms with E-state index in [2.05, 4.69) is 213 Å². The topological polar surface area (TPSA) is 170 Å². The Bertz CT molecular complexity index is 3500. The minimum absolute atomic E-state index is 0. The molecule has 3 aliphatic rings. The van der Waals surface area contributed by atoms with Crippen molar-refractivity contribution >= 4 is 100.0 Å². The smallest absolute Gasteiger partial charge is 0.219 e. The molecule has 0 aromatic heterocycles. The Morgan fingerprint density at radius 1 is 0.339 bits per heavy atom. The fourth-order valence-corrected chi connectivity index (χ4v) is 13.0. The van der Waals surface area contributed by atoms with E-state index < -0.39 is 0 Å². The number of thioether (sulfide) groups is 2. The molecule has 0 atom stereocenters. The predicted molar refractivity (Wildman–Crippen MR) is 481 cm³/mol. The molecule has 2 N–H and O–H groups in total. The molecule has 2 amide bonds. The standard InChI is InChI=1S/2C20H17NO.C14H30N2O4.C10H22N2O2.C8H10O2.C6H14N2.C4H10O2.C4H10S2.4CH4/c2*1-2-18(22)21-12-16-9-8-15-7-6-13-4-3-5-14-10-11-17(16)20(15)19(13)14;1-15-3-7-17-11-13-19-9-5-16(2)6-10-20-14-12-18-8-4-15;1-11-3-7-13-9-5-12(2)6-10-14-8-4-11;1-9-7-5-3-4-6-8(7)10-2;1-7-3-5-8(2)6-4-7;2*1-5-3-4-6-2;;;;/h2*3-11H,2,12H2,1H3,(H,21,22);3-14H2,1-2H3;3-10H2,1-2H3;3-6H,1-2H3;3-6H2,1-2H3;2*3-4H2,1-2H3;4*1H4. The number of rotatable bonds is 14. The molecule has 3 aliphatic heterocycles. The van der Waals surface area contributed by atoms with Crippen molar-refractivity contribution in [3.8, 4) is 11.5 Å². The molecule has 0 unspecified atom stereocenters. The fraction of sp³-hybridized carbons (Fsp3) is 0.556. The summed E-state index contributed by atoms with van der Waals surface area (Å²) in [6.07, 6.45) is 5.31. The van der Waals surface area contributed by atoms with Crippen LogP contribution in [0.25, 0.3) is 64.6 Å². The molecule has 9 aromatic rings. The normalized spacial score (nSPS) is 15.8. The maximum Gasteiger partial charge on any atom is 0.219 e. The Hall–Kier alpha value is -6.26. The number of hydrogen-bond acceptors (Lipinski definition) is 20. The van der Waals surface area contributed by atoms with E-state index in [1.165, 1.54) is 113 Å². The summed E-state index contributed by atoms with van der Waals surface area (Å²) in [6.45, 7) is 27.8. The van der Waals surface area contributed by atoms with Crippen molar-refractivity contribution in [2.75, 3.05) is 266 Å². The van der Waals surface area contributed by atoms with Gasteiger partial charge in [0.2, 0.25) is 11.8 Å². The maximum atomic E-state index is 11.5. The van der Waals surface area contributed by atoms with Gasteiger partial charge in [-0.2, -0.15) is 23.5 Å². The van der Waals surface area contributed by atoms with Crippen molar-refractivity contribution in [2.45, 2.75) is 69.5 Å². The van der Waals surface area contributed by atoms with Gasteiger partial charge in [-0.25, -0.2) is 0 Å². The average Bonchev–Trinajstić information content (AvgIpc) is 0.750. The highest BCUT2D eigenvalue weighted by Crippen LogP contribution is 2.37. The van der Waals surface area contributed by atoms with Crippen LogP contribution in [0.15, 0.2) is 133 Å². The number of amides is 2. The first-order chi connectivity index (χ1) is 52.6. The van der Waals surface area contributed by atoms with Crippen LogP contribution >= 0.6 is 23.5 Å². The van der Waals surface area contributed by atoms with Crippen molar-refractivity contribution in [1.29, 1.82) is 0 Å². The minimum Gasteiger partial charge on any atom is -0.493 e. The lowest BCUT2D eigenvalue weighted by molar-refractivity contribution is -0.121. The quantitative estimate of drug-likeness (QED) is 0.0778. The van der Waals surface area contributed by atoms with Crippen LogP contribution in [0.2, 0.25) is 0 Å². The van der Waals surface area contributed by atoms with Crippen LogP contribution in [0.1, 0.15) is 67.5 Å². The SMILES string of the molecule is C.C.C.C.CCC(=O)NCc1ccc2ccc3cccc4ccc1c2c34.CCC(=O)NCc1ccc2ccc3cccc4ccc1c2c34.CN1CCN(C)CC1.CN1CCOCCN(C)CCOCC1.CN1CCOCCOCCN(C)CCOCCOCC1.COCCOC.COc1ccccc1OC.CSCCSC. The summed E-state index contributed by atoms with van der Waals surface area (Å²) in [6, 6.07) is 46.4. The van der Waals surface area contributed by atoms with Crippen LogP contribution in [-0.2, 0) is 60.6 Å². The number of ether oxygens (including phenoxy) is 10. The zero-order valence-corrected chi connectivity index (χ0v) is 69.4. The molecular weight excluding hydrogens is 1450 g/mol. The van der Waals surface area contributed by atoms with Crippen LogP contribution in [0.4, 0.5) is 0 Å². The number of hydrogen-bond donors (Lipinski definition) is 2. The molecule has 3 heterocycles. The minimum atomic E-state index is 0. The molecule has 20 nitrogen and oxygen atoms in total. The van der Waals surface area contributed by atoms with Gasteiger partial charge < -0.3 is 87.4 Å². The molecule has 0 spiro atoms. The van der Waals surface area contributed by atoms with E-state index in [-0.39, 0.29) is 41.5 Å². The van der Waals surface area contributed by atoms with Crippen LogP contribution in [0.5, 0.6) is 11.5 Å². The number of nitrogens with one attached hydrogen (secondary N) is 2. The number of methoxy groups -OCH3 is 4. The molecule has 0 radical (unpaired) electrons. The van der Waals surface area contributed by atoms with Gasteiger partial charge in [0.1, 0.15) is 0 Å². The molecule has 9 aromatic carbocycles. The fourth-order valence-electron chi connectivity index (χ4n) is 11.6. The first kappa shape index (κ1) is 104. The second-order valence-corrected chi connectivity index (χ2v) is 28.7. The van der Waals surface area contributed by atoms with Gasteiger partial charge >= 0.3 is 0 Å². The summed E-state index contributed by atoms with van der Waals surface area (Å²) in [5, 5.41) is 21.3. The van der Waals surface area contributed by atoms with Crippen LogP contribution in [0, 0.1) is 0 Å². The lowest BCUT2D eigenvalue weighted by atomic mass is 9.92. The second kappa shape index (κ2) is 63.0. The second-order valence-electron chi connectivity index (χ2n) is 26.7. The van der Waals surface area contributed by atoms with Crippen LogP contribution < -0.4 is 20.1 Å². The van der Waals surface area contributed by atoms with E-state index in [1.807, 2.05) is 61.6 Å². The highest BCUT2D eigenvalue weighted by Gasteiger charge is 2.15. The molecule has 3 saturated heterocycles. The van der Waals surface area contributed by atoms with E-state index in [9.17, 15) is 9.59 Å². The van der Waals surface area contributed by atoms with Crippen molar-refractivity contribution in [2.24, 2.45) is 0 Å². The number of carbonyl (C=O) groups is 2. The van der Waals surface area contributed by atoms with Gasteiger partial charge in [0.05, 0.1) is 107 Å². The Labute approximate surface area is 684 Å². The van der Waals surface area contributed by atoms with E-state index in [1.54, 1.807) is 28.4 Å². The number of nitrogens with zero attached hydrogens (tertiary/aromatic N) is 6. The van der Waals surface area contributed by atoms with E-state index >= 15 is 0 Å². The van der Waals surface area contributed by atoms with Gasteiger partial charge in [0.25, 0.3) is 0 Å². The van der Waals surface area contributed by atoms with Crippen molar-refractivity contribution in [1.82, 2.24) is 40.0 Å². The Kier molecular flexibility index (Phi) is 58.4. The summed E-state index contributed by atoms with van der Waals surface area (Å²) >= 11 is 3.81. The van der Waals surface area contributed by atoms with E-state index in [0.717, 1.165) is 117 Å². The third kappa shape index (κ3) is 39.4. The first-order valence-electron chi connectivity index (χ1n) is 38.2. The monoisotopic (exact) mass is 1600 g/mol. The zero-order chi connectivity index (χ0) is 77.9. The lowest BCUT2D eigenvalue weighted by Crippen LogP contribution is -2.42. The molecule has 630 valence electrons. The molecule has 22 heteroatoms. The summed E-state index contributed by atoms with van der Waals surface area (Å²) in [5.41, 5.74) is 2.35. The maximum absolute atomic E-state index is 11.5. The number of piperazine rings is 1. The predicted octanol–water partition coefficient (Wildman–Crippen LogP) is 15.2. The molecular formula is C90H146N8O12S2. The number of benzene rings is 9. The highest BCUT2D eigenvalue weighted by molar-refractivity contribution is 8.02. The van der Waals surface area contributed by atoms with Crippen molar-refractivity contribution in [3.05, 3.63) is 145 Å². The third-order valence-corrected chi connectivity index (χ3v) is 20.0. The van der Waals surface area contributed by atoms with Crippen molar-refractivity contribution < 1.29 is 57.0 Å². The van der Waals surface area contributed by atoms with Gasteiger partial charge in [0, 0.05) is 130 Å². The van der Waals surface area contributed by atoms with Gasteiger partial charge in [-0.15, -0.1) is 0 Å². The van der Waals surface area contributed by atoms with Gasteiger partial charge in [-0.1, -0.05) is 165 Å². The van der Waals surface area contributed by atoms with Gasteiger partial charge in [-0.05, 0) is 143 Å². The molecule has 12 rings (SSSR count). The molecule has 0 saturated carbocycles. The Balaban J connectivity index is 0.000000664. The van der Waals surface area contributed by atoms with Gasteiger partial charge in [-0.3, -0.25) is 9.59 Å². The summed E-state index contributed by atoms with van der Waals surface area (Å²) < 4.78 is 52.5. The molecule has 0 aliphatic carbocycles. The largest absolute Gasteiger partial charge is 0.493 e. The Morgan fingerprint density at radius 2 is 0.589 bits per heavy atom.